The Balaban J connectivity index is 1.67. The Hall–Kier alpha value is -2.95. The molecule has 0 fully saturated rings. The molecule has 1 N–H and O–H groups in total. The molecule has 108 valence electrons. The van der Waals surface area contributed by atoms with E-state index >= 15 is 0 Å². The van der Waals surface area contributed by atoms with Gasteiger partial charge in [0.1, 0.15) is 17.4 Å². The molecular formula is C17H12FN3O. The summed E-state index contributed by atoms with van der Waals surface area (Å²) in [6, 6.07) is 12.1. The quantitative estimate of drug-likeness (QED) is 0.622. The van der Waals surface area contributed by atoms with Gasteiger partial charge in [-0.25, -0.2) is 14.4 Å². The lowest BCUT2D eigenvalue weighted by molar-refractivity contribution is 0.582. The summed E-state index contributed by atoms with van der Waals surface area (Å²) in [6.45, 7) is 0. The van der Waals surface area contributed by atoms with Crippen LogP contribution in [-0.2, 0) is 6.42 Å². The molecule has 1 aromatic carbocycles. The summed E-state index contributed by atoms with van der Waals surface area (Å²) < 4.78 is 18.3. The Morgan fingerprint density at radius 3 is 2.77 bits per heavy atom. The first-order chi connectivity index (χ1) is 10.8. The number of pyridine rings is 1. The minimum Gasteiger partial charge on any atom is -0.464 e. The van der Waals surface area contributed by atoms with Gasteiger partial charge in [-0.15, -0.1) is 0 Å². The number of hydrogen-bond donors (Lipinski definition) is 1. The highest BCUT2D eigenvalue weighted by Crippen LogP contribution is 2.22. The topological polar surface area (TPSA) is 54.7 Å². The summed E-state index contributed by atoms with van der Waals surface area (Å²) in [4.78, 5) is 12.1. The van der Waals surface area contributed by atoms with E-state index in [4.69, 9.17) is 4.42 Å². The number of nitrogens with zero attached hydrogens (tertiary/aromatic N) is 2. The second kappa shape index (κ2) is 5.11. The first-order valence-corrected chi connectivity index (χ1v) is 6.91. The molecule has 22 heavy (non-hydrogen) atoms. The van der Waals surface area contributed by atoms with Gasteiger partial charge in [-0.05, 0) is 35.9 Å². The van der Waals surface area contributed by atoms with Gasteiger partial charge in [0.2, 0.25) is 0 Å². The van der Waals surface area contributed by atoms with Crippen LogP contribution in [0.1, 0.15) is 11.4 Å². The van der Waals surface area contributed by atoms with Crippen LogP contribution in [-0.4, -0.2) is 15.0 Å². The minimum atomic E-state index is -0.238. The Kier molecular flexibility index (Phi) is 2.96. The van der Waals surface area contributed by atoms with Crippen LogP contribution in [0.4, 0.5) is 4.39 Å². The van der Waals surface area contributed by atoms with Crippen LogP contribution >= 0.6 is 0 Å². The van der Waals surface area contributed by atoms with Crippen LogP contribution in [0, 0.1) is 5.82 Å². The summed E-state index contributed by atoms with van der Waals surface area (Å²) >= 11 is 0. The number of aromatic nitrogens is 3. The number of fused-ring (bicyclic) bond motifs is 1. The molecule has 0 atom stereocenters. The van der Waals surface area contributed by atoms with E-state index in [1.54, 1.807) is 24.6 Å². The molecule has 0 saturated heterocycles. The maximum absolute atomic E-state index is 12.9. The number of nitrogens with one attached hydrogen (secondary N) is 1. The summed E-state index contributed by atoms with van der Waals surface area (Å²) in [5.41, 5.74) is 3.40. The molecule has 0 spiro atoms. The predicted octanol–water partition coefficient (Wildman–Crippen LogP) is 3.95. The number of aromatic amines is 1. The molecule has 3 aromatic heterocycles. The van der Waals surface area contributed by atoms with Crippen molar-refractivity contribution in [3.8, 4) is 11.3 Å². The van der Waals surface area contributed by atoms with Gasteiger partial charge >= 0.3 is 0 Å². The Morgan fingerprint density at radius 2 is 2.00 bits per heavy atom. The lowest BCUT2D eigenvalue weighted by Crippen LogP contribution is -1.90. The van der Waals surface area contributed by atoms with E-state index in [1.807, 2.05) is 18.2 Å². The normalized spacial score (nSPS) is 11.1. The van der Waals surface area contributed by atoms with Crippen LogP contribution in [0.15, 0.2) is 59.3 Å². The Morgan fingerprint density at radius 1 is 1.14 bits per heavy atom. The molecule has 0 aliphatic heterocycles. The Labute approximate surface area is 125 Å². The van der Waals surface area contributed by atoms with Crippen LogP contribution in [0.3, 0.4) is 0 Å². The van der Waals surface area contributed by atoms with Gasteiger partial charge in [-0.3, -0.25) is 0 Å². The molecule has 5 heteroatoms. The molecule has 0 aliphatic rings. The van der Waals surface area contributed by atoms with Crippen molar-refractivity contribution in [2.45, 2.75) is 6.42 Å². The fourth-order valence-corrected chi connectivity index (χ4v) is 2.41. The molecule has 4 nitrogen and oxygen atoms in total. The number of benzene rings is 1. The third kappa shape index (κ3) is 2.37. The van der Waals surface area contributed by atoms with Gasteiger partial charge in [-0.2, -0.15) is 0 Å². The molecule has 0 bridgehead atoms. The zero-order valence-electron chi connectivity index (χ0n) is 11.6. The van der Waals surface area contributed by atoms with Crippen LogP contribution in [0.5, 0.6) is 0 Å². The summed E-state index contributed by atoms with van der Waals surface area (Å²) in [6.07, 6.45) is 3.98. The SMILES string of the molecule is Fc1ccc(Cc2nc3ncc(-c4ccco4)cc3[nH]2)cc1. The number of rotatable bonds is 3. The highest BCUT2D eigenvalue weighted by Gasteiger charge is 2.08. The maximum atomic E-state index is 12.9. The van der Waals surface area contributed by atoms with Gasteiger partial charge < -0.3 is 9.40 Å². The van der Waals surface area contributed by atoms with E-state index in [0.717, 1.165) is 28.2 Å². The van der Waals surface area contributed by atoms with E-state index in [2.05, 4.69) is 15.0 Å². The monoisotopic (exact) mass is 293 g/mol. The highest BCUT2D eigenvalue weighted by molar-refractivity contribution is 5.76. The summed E-state index contributed by atoms with van der Waals surface area (Å²) in [7, 11) is 0. The average molecular weight is 293 g/mol. The fraction of sp³-hybridized carbons (Fsp3) is 0.0588. The zero-order chi connectivity index (χ0) is 14.9. The largest absolute Gasteiger partial charge is 0.464 e. The van der Waals surface area contributed by atoms with Gasteiger partial charge in [0.15, 0.2) is 5.65 Å². The predicted molar refractivity (Wildman–Crippen MR) is 80.8 cm³/mol. The molecule has 0 unspecified atom stereocenters. The summed E-state index contributed by atoms with van der Waals surface area (Å²) in [5.74, 6) is 1.33. The smallest absolute Gasteiger partial charge is 0.177 e. The molecule has 0 aliphatic carbocycles. The van der Waals surface area contributed by atoms with Crippen molar-refractivity contribution < 1.29 is 8.81 Å². The van der Waals surface area contributed by atoms with Crippen molar-refractivity contribution in [1.82, 2.24) is 15.0 Å². The van der Waals surface area contributed by atoms with Crippen molar-refractivity contribution in [1.29, 1.82) is 0 Å². The second-order valence-electron chi connectivity index (χ2n) is 5.06. The lowest BCUT2D eigenvalue weighted by atomic mass is 10.1. The van der Waals surface area contributed by atoms with Crippen LogP contribution in [0.25, 0.3) is 22.5 Å². The van der Waals surface area contributed by atoms with Crippen molar-refractivity contribution in [2.75, 3.05) is 0 Å². The van der Waals surface area contributed by atoms with E-state index in [9.17, 15) is 4.39 Å². The highest BCUT2D eigenvalue weighted by atomic mass is 19.1. The molecule has 0 saturated carbocycles. The van der Waals surface area contributed by atoms with Crippen molar-refractivity contribution in [3.05, 3.63) is 72.1 Å². The van der Waals surface area contributed by atoms with Crippen molar-refractivity contribution >= 4 is 11.2 Å². The van der Waals surface area contributed by atoms with E-state index in [-0.39, 0.29) is 5.82 Å². The molecule has 0 radical (unpaired) electrons. The number of imidazole rings is 1. The van der Waals surface area contributed by atoms with E-state index in [1.165, 1.54) is 12.1 Å². The lowest BCUT2D eigenvalue weighted by Gasteiger charge is -1.97. The third-order valence-electron chi connectivity index (χ3n) is 3.48. The zero-order valence-corrected chi connectivity index (χ0v) is 11.6. The number of H-pyrrole nitrogens is 1. The average Bonchev–Trinajstić information content (AvgIpc) is 3.17. The van der Waals surface area contributed by atoms with Gasteiger partial charge in [0.05, 0.1) is 11.8 Å². The second-order valence-corrected chi connectivity index (χ2v) is 5.06. The minimum absolute atomic E-state index is 0.238. The van der Waals surface area contributed by atoms with E-state index in [0.29, 0.717) is 12.1 Å². The maximum Gasteiger partial charge on any atom is 0.177 e. The molecule has 3 heterocycles. The standard InChI is InChI=1S/C17H12FN3O/c18-13-5-3-11(4-6-13)8-16-20-14-9-12(10-19-17(14)21-16)15-2-1-7-22-15/h1-7,9-10H,8H2,(H,19,20,21). The first-order valence-electron chi connectivity index (χ1n) is 6.91. The van der Waals surface area contributed by atoms with Crippen molar-refractivity contribution in [2.24, 2.45) is 0 Å². The first kappa shape index (κ1) is 12.8. The Bertz CT molecular complexity index is 911. The fourth-order valence-electron chi connectivity index (χ4n) is 2.41. The third-order valence-corrected chi connectivity index (χ3v) is 3.48. The molecule has 0 amide bonds. The van der Waals surface area contributed by atoms with Crippen LogP contribution in [0.2, 0.25) is 0 Å². The van der Waals surface area contributed by atoms with E-state index < -0.39 is 0 Å². The molecular weight excluding hydrogens is 281 g/mol. The number of halogens is 1. The number of furan rings is 1. The number of hydrogen-bond acceptors (Lipinski definition) is 3. The van der Waals surface area contributed by atoms with Gasteiger partial charge in [-0.1, -0.05) is 12.1 Å². The summed E-state index contributed by atoms with van der Waals surface area (Å²) in [5, 5.41) is 0. The van der Waals surface area contributed by atoms with Crippen LogP contribution < -0.4 is 0 Å². The van der Waals surface area contributed by atoms with Crippen molar-refractivity contribution in [3.63, 3.8) is 0 Å². The molecule has 4 rings (SSSR count). The van der Waals surface area contributed by atoms with Gasteiger partial charge in [0, 0.05) is 18.2 Å². The van der Waals surface area contributed by atoms with Gasteiger partial charge in [0.25, 0.3) is 0 Å². The molecule has 4 aromatic rings.